The predicted molar refractivity (Wildman–Crippen MR) is 69.5 cm³/mol. The fraction of sp³-hybridized carbons (Fsp3) is 0.385. The predicted octanol–water partition coefficient (Wildman–Crippen LogP) is 3.38. The highest BCUT2D eigenvalue weighted by molar-refractivity contribution is 6.31. The first-order valence-corrected chi connectivity index (χ1v) is 6.11. The molecule has 20 heavy (non-hydrogen) atoms. The molecule has 1 rings (SSSR count). The van der Waals surface area contributed by atoms with Gasteiger partial charge in [-0.3, -0.25) is 0 Å². The van der Waals surface area contributed by atoms with Gasteiger partial charge in [0.05, 0.1) is 5.02 Å². The zero-order valence-corrected chi connectivity index (χ0v) is 11.9. The number of rotatable bonds is 3. The molecular weight excluding hydrogens is 292 g/mol. The summed E-state index contributed by atoms with van der Waals surface area (Å²) in [6.07, 6.45) is -0.692. The van der Waals surface area contributed by atoms with Gasteiger partial charge in [-0.05, 0) is 32.9 Å². The van der Waals surface area contributed by atoms with Gasteiger partial charge in [-0.15, -0.1) is 0 Å². The maximum absolute atomic E-state index is 13.7. The van der Waals surface area contributed by atoms with Crippen molar-refractivity contribution in [3.8, 4) is 0 Å². The van der Waals surface area contributed by atoms with E-state index >= 15 is 0 Å². The largest absolute Gasteiger partial charge is 0.444 e. The number of amides is 1. The number of halogens is 3. The molecule has 1 aromatic rings. The maximum atomic E-state index is 13.7. The Labute approximate surface area is 120 Å². The fourth-order valence-corrected chi connectivity index (χ4v) is 1.71. The number of hydrogen-bond acceptors (Lipinski definition) is 3. The van der Waals surface area contributed by atoms with E-state index in [1.54, 1.807) is 20.8 Å². The van der Waals surface area contributed by atoms with Crippen LogP contribution in [-0.2, 0) is 9.53 Å². The molecule has 0 aromatic heterocycles. The van der Waals surface area contributed by atoms with E-state index in [2.05, 4.69) is 5.32 Å². The van der Waals surface area contributed by atoms with Crippen molar-refractivity contribution in [3.63, 3.8) is 0 Å². The second-order valence-corrected chi connectivity index (χ2v) is 5.39. The summed E-state index contributed by atoms with van der Waals surface area (Å²) in [5, 5.41) is 1.57. The lowest BCUT2D eigenvalue weighted by Crippen LogP contribution is -2.36. The smallest absolute Gasteiger partial charge is 0.408 e. The minimum Gasteiger partial charge on any atom is -0.444 e. The Bertz CT molecular complexity index is 529. The highest BCUT2D eigenvalue weighted by Gasteiger charge is 2.25. The minimum atomic E-state index is -1.44. The Hall–Kier alpha value is -1.69. The molecule has 1 aromatic carbocycles. The van der Waals surface area contributed by atoms with Gasteiger partial charge in [-0.25, -0.2) is 13.6 Å². The fourth-order valence-electron chi connectivity index (χ4n) is 1.44. The van der Waals surface area contributed by atoms with Gasteiger partial charge < -0.3 is 14.8 Å². The third-order valence-corrected chi connectivity index (χ3v) is 2.58. The molecule has 1 atom stereocenters. The van der Waals surface area contributed by atoms with E-state index in [1.807, 2.05) is 0 Å². The van der Waals surface area contributed by atoms with E-state index in [0.29, 0.717) is 0 Å². The van der Waals surface area contributed by atoms with Crippen LogP contribution in [-0.4, -0.2) is 18.0 Å². The summed E-state index contributed by atoms with van der Waals surface area (Å²) < 4.78 is 31.9. The molecule has 0 aliphatic rings. The molecule has 4 nitrogen and oxygen atoms in total. The molecule has 1 unspecified atom stereocenters. The molecule has 1 amide bonds. The summed E-state index contributed by atoms with van der Waals surface area (Å²) in [7, 11) is 0. The Kier molecular flexibility index (Phi) is 5.05. The number of aldehydes is 1. The van der Waals surface area contributed by atoms with Gasteiger partial charge in [0, 0.05) is 5.56 Å². The van der Waals surface area contributed by atoms with Gasteiger partial charge >= 0.3 is 6.09 Å². The number of benzene rings is 1. The van der Waals surface area contributed by atoms with Crippen molar-refractivity contribution in [1.82, 2.24) is 5.32 Å². The molecule has 0 heterocycles. The van der Waals surface area contributed by atoms with E-state index in [4.69, 9.17) is 16.3 Å². The van der Waals surface area contributed by atoms with E-state index in [-0.39, 0.29) is 6.29 Å². The molecule has 0 radical (unpaired) electrons. The lowest BCUT2D eigenvalue weighted by molar-refractivity contribution is -0.109. The first-order chi connectivity index (χ1) is 9.15. The maximum Gasteiger partial charge on any atom is 0.408 e. The van der Waals surface area contributed by atoms with Crippen LogP contribution in [0.15, 0.2) is 12.1 Å². The van der Waals surface area contributed by atoms with Gasteiger partial charge in [-0.1, -0.05) is 11.6 Å². The zero-order chi connectivity index (χ0) is 15.5. The third-order valence-electron chi connectivity index (χ3n) is 2.20. The molecule has 0 fully saturated rings. The van der Waals surface area contributed by atoms with E-state index in [0.717, 1.165) is 12.1 Å². The summed E-state index contributed by atoms with van der Waals surface area (Å²) in [4.78, 5) is 22.6. The number of hydrogen-bond donors (Lipinski definition) is 1. The molecule has 0 saturated heterocycles. The van der Waals surface area contributed by atoms with Gasteiger partial charge in [0.1, 0.15) is 29.6 Å². The third kappa shape index (κ3) is 4.16. The highest BCUT2D eigenvalue weighted by Crippen LogP contribution is 2.27. The van der Waals surface area contributed by atoms with Crippen molar-refractivity contribution >= 4 is 24.0 Å². The Morgan fingerprint density at radius 3 is 2.40 bits per heavy atom. The average molecular weight is 306 g/mol. The van der Waals surface area contributed by atoms with Crippen LogP contribution in [0.5, 0.6) is 0 Å². The molecular formula is C13H14ClF2NO3. The van der Waals surface area contributed by atoms with Crippen molar-refractivity contribution in [3.05, 3.63) is 34.4 Å². The summed E-state index contributed by atoms with van der Waals surface area (Å²) in [6, 6.07) is 0.216. The Morgan fingerprint density at radius 2 is 1.90 bits per heavy atom. The van der Waals surface area contributed by atoms with Crippen molar-refractivity contribution in [1.29, 1.82) is 0 Å². The molecule has 0 bridgehead atoms. The van der Waals surface area contributed by atoms with Crippen LogP contribution < -0.4 is 5.32 Å². The average Bonchev–Trinajstić information content (AvgIpc) is 2.30. The van der Waals surface area contributed by atoms with Gasteiger partial charge in [-0.2, -0.15) is 0 Å². The van der Waals surface area contributed by atoms with Gasteiger partial charge in [0.25, 0.3) is 0 Å². The summed E-state index contributed by atoms with van der Waals surface area (Å²) in [6.45, 7) is 4.87. The lowest BCUT2D eigenvalue weighted by Gasteiger charge is -2.22. The first-order valence-electron chi connectivity index (χ1n) is 5.74. The Balaban J connectivity index is 3.01. The van der Waals surface area contributed by atoms with Crippen LogP contribution in [0.3, 0.4) is 0 Å². The number of ether oxygens (including phenoxy) is 1. The molecule has 110 valence electrons. The van der Waals surface area contributed by atoms with Crippen molar-refractivity contribution in [2.24, 2.45) is 0 Å². The summed E-state index contributed by atoms with van der Waals surface area (Å²) in [5.41, 5.74) is -1.23. The second-order valence-electron chi connectivity index (χ2n) is 5.02. The van der Waals surface area contributed by atoms with Crippen LogP contribution in [0, 0.1) is 11.6 Å². The molecule has 0 saturated carbocycles. The van der Waals surface area contributed by atoms with Crippen LogP contribution in [0.4, 0.5) is 13.6 Å². The number of nitrogens with one attached hydrogen (secondary N) is 1. The van der Waals surface area contributed by atoms with E-state index in [1.165, 1.54) is 0 Å². The molecule has 0 aliphatic carbocycles. The van der Waals surface area contributed by atoms with Crippen molar-refractivity contribution in [2.45, 2.75) is 32.4 Å². The van der Waals surface area contributed by atoms with Crippen molar-refractivity contribution in [2.75, 3.05) is 0 Å². The Morgan fingerprint density at radius 1 is 1.35 bits per heavy atom. The number of carbonyl (C=O) groups is 2. The lowest BCUT2D eigenvalue weighted by atomic mass is 10.1. The molecule has 1 N–H and O–H groups in total. The molecule has 0 aliphatic heterocycles. The van der Waals surface area contributed by atoms with Crippen molar-refractivity contribution < 1.29 is 23.1 Å². The SMILES string of the molecule is CC(C)(C)OC(=O)NC(C=O)c1c(F)ccc(F)c1Cl. The van der Waals surface area contributed by atoms with Crippen LogP contribution >= 0.6 is 11.6 Å². The normalized spacial score (nSPS) is 12.7. The van der Waals surface area contributed by atoms with E-state index < -0.39 is 40.0 Å². The molecule has 0 spiro atoms. The van der Waals surface area contributed by atoms with Gasteiger partial charge in [0.15, 0.2) is 0 Å². The quantitative estimate of drug-likeness (QED) is 0.688. The summed E-state index contributed by atoms with van der Waals surface area (Å²) >= 11 is 5.62. The monoisotopic (exact) mass is 305 g/mol. The second kappa shape index (κ2) is 6.17. The highest BCUT2D eigenvalue weighted by atomic mass is 35.5. The van der Waals surface area contributed by atoms with Gasteiger partial charge in [0.2, 0.25) is 0 Å². The topological polar surface area (TPSA) is 55.4 Å². The first kappa shape index (κ1) is 16.4. The van der Waals surface area contributed by atoms with Crippen LogP contribution in [0.1, 0.15) is 32.4 Å². The van der Waals surface area contributed by atoms with E-state index in [9.17, 15) is 18.4 Å². The summed E-state index contributed by atoms with van der Waals surface area (Å²) in [5.74, 6) is -1.79. The zero-order valence-electron chi connectivity index (χ0n) is 11.2. The minimum absolute atomic E-state index is 0.244. The van der Waals surface area contributed by atoms with Crippen LogP contribution in [0.25, 0.3) is 0 Å². The van der Waals surface area contributed by atoms with Crippen LogP contribution in [0.2, 0.25) is 5.02 Å². The standard InChI is InChI=1S/C13H14ClF2NO3/c1-13(2,3)20-12(19)17-9(6-18)10-7(15)4-5-8(16)11(10)14/h4-6,9H,1-3H3,(H,17,19). The molecule has 7 heteroatoms. The number of carbonyl (C=O) groups excluding carboxylic acids is 2. The number of alkyl carbamates (subject to hydrolysis) is 1.